The van der Waals surface area contributed by atoms with E-state index in [9.17, 15) is 9.59 Å². The summed E-state index contributed by atoms with van der Waals surface area (Å²) in [6.45, 7) is 3.92. The topological polar surface area (TPSA) is 75.6 Å². The van der Waals surface area contributed by atoms with Gasteiger partial charge in [0.05, 0.1) is 18.6 Å². The third-order valence-corrected chi connectivity index (χ3v) is 4.13. The van der Waals surface area contributed by atoms with Crippen LogP contribution in [0.1, 0.15) is 35.9 Å². The van der Waals surface area contributed by atoms with Crippen molar-refractivity contribution in [3.63, 3.8) is 0 Å². The normalized spacial score (nSPS) is 13.7. The number of amides is 1. The van der Waals surface area contributed by atoms with E-state index in [1.54, 1.807) is 18.3 Å². The second kappa shape index (κ2) is 8.14. The SMILES string of the molecule is COCC(C)(CC(=O)O)NC(=O)CCCc1ccc(C)s1. The summed E-state index contributed by atoms with van der Waals surface area (Å²) in [6.07, 6.45) is 1.85. The first kappa shape index (κ1) is 17.7. The van der Waals surface area contributed by atoms with Gasteiger partial charge in [0.25, 0.3) is 0 Å². The lowest BCUT2D eigenvalue weighted by molar-refractivity contribution is -0.139. The largest absolute Gasteiger partial charge is 0.481 e. The molecule has 1 amide bonds. The molecule has 0 aliphatic rings. The van der Waals surface area contributed by atoms with Gasteiger partial charge in [-0.2, -0.15) is 0 Å². The number of aryl methyl sites for hydroxylation is 2. The summed E-state index contributed by atoms with van der Waals surface area (Å²) in [5, 5.41) is 11.7. The molecule has 21 heavy (non-hydrogen) atoms. The first-order valence-electron chi connectivity index (χ1n) is 6.92. The van der Waals surface area contributed by atoms with Crippen LogP contribution >= 0.6 is 11.3 Å². The Morgan fingerprint density at radius 3 is 2.67 bits per heavy atom. The highest BCUT2D eigenvalue weighted by Crippen LogP contribution is 2.17. The Kier molecular flexibility index (Phi) is 6.84. The Balaban J connectivity index is 2.41. The van der Waals surface area contributed by atoms with E-state index < -0.39 is 11.5 Å². The van der Waals surface area contributed by atoms with Crippen molar-refractivity contribution in [2.24, 2.45) is 0 Å². The molecule has 0 aliphatic carbocycles. The number of hydrogen-bond donors (Lipinski definition) is 2. The van der Waals surface area contributed by atoms with Gasteiger partial charge in [0.2, 0.25) is 5.91 Å². The molecule has 5 nitrogen and oxygen atoms in total. The molecule has 0 fully saturated rings. The fraction of sp³-hybridized carbons (Fsp3) is 0.600. The first-order valence-corrected chi connectivity index (χ1v) is 7.73. The highest BCUT2D eigenvalue weighted by atomic mass is 32.1. The summed E-state index contributed by atoms with van der Waals surface area (Å²) < 4.78 is 5.01. The molecule has 1 aromatic rings. The summed E-state index contributed by atoms with van der Waals surface area (Å²) in [5.41, 5.74) is -0.864. The molecule has 0 aromatic carbocycles. The summed E-state index contributed by atoms with van der Waals surface area (Å²) in [4.78, 5) is 25.4. The smallest absolute Gasteiger partial charge is 0.305 e. The van der Waals surface area contributed by atoms with Gasteiger partial charge < -0.3 is 15.2 Å². The highest BCUT2D eigenvalue weighted by Gasteiger charge is 2.29. The number of rotatable bonds is 9. The van der Waals surface area contributed by atoms with Crippen molar-refractivity contribution in [3.05, 3.63) is 21.9 Å². The standard InChI is InChI=1S/C15H23NO4S/c1-11-7-8-12(21-11)5-4-6-13(17)16-15(2,10-20-3)9-14(18)19/h7-8H,4-6,9-10H2,1-3H3,(H,16,17)(H,18,19). The van der Waals surface area contributed by atoms with E-state index in [0.717, 1.165) is 12.8 Å². The fourth-order valence-electron chi connectivity index (χ4n) is 2.23. The number of ether oxygens (including phenoxy) is 1. The monoisotopic (exact) mass is 313 g/mol. The number of carboxylic acids is 1. The van der Waals surface area contributed by atoms with E-state index in [4.69, 9.17) is 9.84 Å². The minimum Gasteiger partial charge on any atom is -0.481 e. The van der Waals surface area contributed by atoms with Crippen LogP contribution in [-0.2, 0) is 20.7 Å². The van der Waals surface area contributed by atoms with Crippen molar-refractivity contribution in [1.29, 1.82) is 0 Å². The predicted octanol–water partition coefficient (Wildman–Crippen LogP) is 2.38. The van der Waals surface area contributed by atoms with Gasteiger partial charge in [0, 0.05) is 23.3 Å². The summed E-state index contributed by atoms with van der Waals surface area (Å²) in [7, 11) is 1.49. The van der Waals surface area contributed by atoms with Crippen LogP contribution in [0, 0.1) is 6.92 Å². The van der Waals surface area contributed by atoms with Crippen LogP contribution in [0.2, 0.25) is 0 Å². The lowest BCUT2D eigenvalue weighted by Crippen LogP contribution is -2.50. The van der Waals surface area contributed by atoms with Gasteiger partial charge >= 0.3 is 5.97 Å². The van der Waals surface area contributed by atoms with E-state index in [-0.39, 0.29) is 18.9 Å². The highest BCUT2D eigenvalue weighted by molar-refractivity contribution is 7.11. The molecule has 6 heteroatoms. The van der Waals surface area contributed by atoms with Crippen molar-refractivity contribution in [2.45, 2.75) is 45.1 Å². The van der Waals surface area contributed by atoms with Gasteiger partial charge in [-0.05, 0) is 38.8 Å². The number of methoxy groups -OCH3 is 1. The number of thiophene rings is 1. The summed E-state index contributed by atoms with van der Waals surface area (Å²) in [6, 6.07) is 4.15. The zero-order chi connectivity index (χ0) is 15.9. The molecule has 0 aliphatic heterocycles. The quantitative estimate of drug-likeness (QED) is 0.734. The minimum atomic E-state index is -0.955. The zero-order valence-electron chi connectivity index (χ0n) is 12.8. The maximum atomic E-state index is 12.0. The summed E-state index contributed by atoms with van der Waals surface area (Å²) >= 11 is 1.74. The maximum Gasteiger partial charge on any atom is 0.305 e. The van der Waals surface area contributed by atoms with Gasteiger partial charge in [0.15, 0.2) is 0 Å². The van der Waals surface area contributed by atoms with Gasteiger partial charge in [-0.25, -0.2) is 0 Å². The Hall–Kier alpha value is -1.40. The minimum absolute atomic E-state index is 0.135. The number of aliphatic carboxylic acids is 1. The third kappa shape index (κ3) is 6.73. The molecular weight excluding hydrogens is 290 g/mol. The van der Waals surface area contributed by atoms with Crippen LogP contribution in [0.25, 0.3) is 0 Å². The van der Waals surface area contributed by atoms with Gasteiger partial charge in [-0.1, -0.05) is 0 Å². The molecule has 1 rings (SSSR count). The van der Waals surface area contributed by atoms with Crippen LogP contribution < -0.4 is 5.32 Å². The number of hydrogen-bond acceptors (Lipinski definition) is 4. The van der Waals surface area contributed by atoms with Gasteiger partial charge in [-0.15, -0.1) is 11.3 Å². The molecule has 0 saturated carbocycles. The molecule has 0 bridgehead atoms. The average Bonchev–Trinajstić information content (AvgIpc) is 2.73. The second-order valence-electron chi connectivity index (χ2n) is 5.48. The van der Waals surface area contributed by atoms with Crippen molar-refractivity contribution in [2.75, 3.05) is 13.7 Å². The van der Waals surface area contributed by atoms with E-state index in [1.165, 1.54) is 16.9 Å². The third-order valence-electron chi connectivity index (χ3n) is 3.07. The van der Waals surface area contributed by atoms with E-state index in [0.29, 0.717) is 6.42 Å². The van der Waals surface area contributed by atoms with E-state index >= 15 is 0 Å². The van der Waals surface area contributed by atoms with Crippen LogP contribution in [0.5, 0.6) is 0 Å². The molecule has 1 atom stereocenters. The molecular formula is C15H23NO4S. The zero-order valence-corrected chi connectivity index (χ0v) is 13.6. The van der Waals surface area contributed by atoms with Crippen molar-refractivity contribution in [3.8, 4) is 0 Å². The maximum absolute atomic E-state index is 12.0. The van der Waals surface area contributed by atoms with Crippen molar-refractivity contribution in [1.82, 2.24) is 5.32 Å². The lowest BCUT2D eigenvalue weighted by atomic mass is 9.98. The number of carboxylic acid groups (broad SMARTS) is 1. The lowest BCUT2D eigenvalue weighted by Gasteiger charge is -2.28. The second-order valence-corrected chi connectivity index (χ2v) is 6.85. The van der Waals surface area contributed by atoms with Crippen LogP contribution in [0.4, 0.5) is 0 Å². The Labute approximate surface area is 129 Å². The number of nitrogens with one attached hydrogen (secondary N) is 1. The molecule has 0 spiro atoms. The summed E-state index contributed by atoms with van der Waals surface area (Å²) in [5.74, 6) is -1.09. The van der Waals surface area contributed by atoms with Crippen LogP contribution in [-0.4, -0.2) is 36.2 Å². The predicted molar refractivity (Wildman–Crippen MR) is 82.7 cm³/mol. The van der Waals surface area contributed by atoms with E-state index in [1.807, 2.05) is 0 Å². The number of carbonyl (C=O) groups excluding carboxylic acids is 1. The van der Waals surface area contributed by atoms with Gasteiger partial charge in [-0.3, -0.25) is 9.59 Å². The van der Waals surface area contributed by atoms with Crippen molar-refractivity contribution >= 4 is 23.2 Å². The van der Waals surface area contributed by atoms with E-state index in [2.05, 4.69) is 24.4 Å². The molecule has 1 aromatic heterocycles. The number of carbonyl (C=O) groups is 2. The first-order chi connectivity index (χ1) is 9.84. The Morgan fingerprint density at radius 2 is 2.14 bits per heavy atom. The molecule has 0 radical (unpaired) electrons. The molecule has 2 N–H and O–H groups in total. The molecule has 1 heterocycles. The van der Waals surface area contributed by atoms with Crippen LogP contribution in [0.15, 0.2) is 12.1 Å². The molecule has 0 saturated heterocycles. The van der Waals surface area contributed by atoms with Crippen molar-refractivity contribution < 1.29 is 19.4 Å². The van der Waals surface area contributed by atoms with Gasteiger partial charge in [0.1, 0.15) is 0 Å². The molecule has 1 unspecified atom stereocenters. The fourth-order valence-corrected chi connectivity index (χ4v) is 3.16. The Bertz CT molecular complexity index is 486. The Morgan fingerprint density at radius 1 is 1.43 bits per heavy atom. The average molecular weight is 313 g/mol. The van der Waals surface area contributed by atoms with Crippen LogP contribution in [0.3, 0.4) is 0 Å². The molecule has 118 valence electrons.